The molecule has 28 nitrogen and oxygen atoms in total. The number of hydrogen-bond donors (Lipinski definition) is 9. The van der Waals surface area contributed by atoms with Crippen LogP contribution in [0.5, 0.6) is 46.0 Å². The van der Waals surface area contributed by atoms with Crippen molar-refractivity contribution in [1.29, 1.82) is 0 Å². The first-order chi connectivity index (χ1) is 63.0. The van der Waals surface area contributed by atoms with Gasteiger partial charge in [0.15, 0.2) is 61.9 Å². The summed E-state index contributed by atoms with van der Waals surface area (Å²) < 4.78 is 48.1. The Hall–Kier alpha value is -14.1. The highest BCUT2D eigenvalue weighted by molar-refractivity contribution is 9.10. The summed E-state index contributed by atoms with van der Waals surface area (Å²) >= 11 is 3.46. The number of carbonyl (C=O) groups is 4. The van der Waals surface area contributed by atoms with E-state index >= 15 is 0 Å². The van der Waals surface area contributed by atoms with Crippen LogP contribution < -0.4 is 37.9 Å². The zero-order valence-corrected chi connectivity index (χ0v) is 72.8. The largest absolute Gasteiger partial charge is 0.495 e. The molecular weight excluding hydrogens is 1740 g/mol. The number of aliphatic hydroxyl groups is 8. The lowest BCUT2D eigenvalue weighted by molar-refractivity contribution is -0.160. The van der Waals surface area contributed by atoms with Crippen LogP contribution in [0.25, 0.3) is 14.5 Å². The van der Waals surface area contributed by atoms with Crippen LogP contribution in [0.1, 0.15) is 112 Å². The van der Waals surface area contributed by atoms with E-state index in [0.29, 0.717) is 73.6 Å². The lowest BCUT2D eigenvalue weighted by Crippen LogP contribution is -2.52. The third-order valence-electron chi connectivity index (χ3n) is 27.2. The molecule has 0 saturated heterocycles. The van der Waals surface area contributed by atoms with Gasteiger partial charge in [0.25, 0.3) is 0 Å². The molecule has 4 saturated carbocycles. The van der Waals surface area contributed by atoms with Crippen LogP contribution in [0, 0.1) is 43.4 Å². The van der Waals surface area contributed by atoms with Crippen LogP contribution in [0.3, 0.4) is 0 Å². The second kappa shape index (κ2) is 33.7. The summed E-state index contributed by atoms with van der Waals surface area (Å²) in [6.07, 6.45) is -0.378. The van der Waals surface area contributed by atoms with Crippen molar-refractivity contribution in [2.75, 3.05) is 28.4 Å². The highest BCUT2D eigenvalue weighted by Crippen LogP contribution is 2.73. The molecule has 20 rings (SSSR count). The highest BCUT2D eigenvalue weighted by atomic mass is 79.9. The Morgan fingerprint density at radius 2 is 0.542 bits per heavy atom. The van der Waals surface area contributed by atoms with Crippen molar-refractivity contribution in [2.24, 2.45) is 23.7 Å². The number of ether oxygens (including phenoxy) is 8. The van der Waals surface area contributed by atoms with E-state index in [-0.39, 0.29) is 57.4 Å². The van der Waals surface area contributed by atoms with Crippen molar-refractivity contribution in [3.8, 4) is 46.0 Å². The highest BCUT2D eigenvalue weighted by Gasteiger charge is 2.82. The molecule has 0 unspecified atom stereocenters. The predicted octanol–water partition coefficient (Wildman–Crippen LogP) is 13.6. The number of aliphatic carboxylic acids is 1. The number of Topliss-reactive ketones (excluding diaryl/α,β-unsaturated/α-hetero) is 3. The lowest BCUT2D eigenvalue weighted by Gasteiger charge is -2.40. The quantitative estimate of drug-likeness (QED) is 0.0406. The van der Waals surface area contributed by atoms with E-state index in [4.69, 9.17) is 57.6 Å². The fourth-order valence-corrected chi connectivity index (χ4v) is 21.9. The van der Waals surface area contributed by atoms with Gasteiger partial charge < -0.3 is 83.9 Å². The Labute approximate surface area is 760 Å². The standard InChI is InChI=1S/2C26H22N2O5.C25H22BrNO5.C25H20N2O6/c2*1-15(29)21-22(16-7-5-4-6-8-16)26(17-9-11-18(27-2)12-10-17)25(31,24(21)30)23-20(33-26)13-19(32-3)14-28-23;1-14(28)20-21(15-6-4-3-5-7-15)25(16-8-10-17(26)11-9-16)24(30,23(20)29)22-19(32-25)12-18(31-2)13-27-22;1-26-16-10-8-15(9-11-16)25-20(14-6-4-3-5-7-14)19(23(29)30)22(28)24(25,31)21-18(33-25)12-17(32-2)13-27-21/h2*4-14,21-22,24,30-31H,1,3H3;3-13,20-21,23,29-30H,1-2H3;3-13,19-20,22,28,31H,2H3,(H,29,30)/t2*21-,22-,24-,25+,26+;20-,21-,23-,24+,25+;19-,20-,22-,24+,25+/m1111/s1. The molecule has 4 fully saturated rings. The van der Waals surface area contributed by atoms with Crippen LogP contribution in [0.2, 0.25) is 0 Å². The van der Waals surface area contributed by atoms with Crippen molar-refractivity contribution in [2.45, 2.75) is 114 Å². The molecule has 4 aliphatic heterocycles. The van der Waals surface area contributed by atoms with Gasteiger partial charge in [-0.1, -0.05) is 222 Å². The Morgan fingerprint density at radius 3 is 0.740 bits per heavy atom. The molecule has 29 heteroatoms. The number of aromatic nitrogens is 4. The van der Waals surface area contributed by atoms with Crippen LogP contribution in [0.15, 0.2) is 272 Å². The van der Waals surface area contributed by atoms with Crippen molar-refractivity contribution < 1.29 is 103 Å². The average Bonchev–Trinajstić information content (AvgIpc) is 1.51. The maximum atomic E-state index is 12.9. The smallest absolute Gasteiger partial charge is 0.310 e. The zero-order valence-electron chi connectivity index (χ0n) is 71.3. The van der Waals surface area contributed by atoms with Gasteiger partial charge in [0.1, 0.15) is 111 Å². The van der Waals surface area contributed by atoms with Crippen LogP contribution in [-0.2, 0) is 64.0 Å². The second-order valence-electron chi connectivity index (χ2n) is 33.4. The number of carboxylic acid groups (broad SMARTS) is 1. The van der Waals surface area contributed by atoms with E-state index in [1.54, 1.807) is 127 Å². The normalized spacial score (nSPS) is 29.7. The molecule has 0 amide bonds. The SMILES string of the molecule is COc1cnc2c(c1)O[C@@]1(c3ccc(Br)cc3)[C@H](c3ccccc3)[C@@H](C(C)=O)[C@@H](O)[C@@]21O.[C-]#[N+]c1ccc([C@@]23Oc4cc(OC)cnc4[C@]2(O)[C@H](O)[C@H](C(=O)O)[C@H]3c2ccccc2)cc1.[C-]#[N+]c1ccc([C@@]23Oc4cc(OC)cnc4[C@]2(O)[C@H](O)[C@H](C(C)=O)[C@H]3c2ccccc2)cc1.[C-]#[N+]c1ccc([C@@]23Oc4cc(OC)cnc4[C@]2(O)[C@H](O)[C@H](C(C)=O)[C@H]3c2ccccc2)cc1. The molecule has 20 atom stereocenters. The molecule has 8 heterocycles. The Bertz CT molecular complexity index is 6100. The number of benzene rings is 8. The monoisotopic (exact) mass is 1820 g/mol. The molecule has 9 N–H and O–H groups in total. The molecule has 131 heavy (non-hydrogen) atoms. The lowest BCUT2D eigenvalue weighted by atomic mass is 9.71. The number of pyridine rings is 4. The summed E-state index contributed by atoms with van der Waals surface area (Å²) in [5.41, 5.74) is -7.81. The Balaban J connectivity index is 0.000000122. The Morgan fingerprint density at radius 1 is 0.336 bits per heavy atom. The number of carboxylic acids is 1. The number of methoxy groups -OCH3 is 4. The molecule has 8 aromatic carbocycles. The summed E-state index contributed by atoms with van der Waals surface area (Å²) in [7, 11) is 5.99. The fourth-order valence-electron chi connectivity index (χ4n) is 21.7. The molecule has 8 aliphatic rings. The second-order valence-corrected chi connectivity index (χ2v) is 34.3. The zero-order chi connectivity index (χ0) is 92.8. The van der Waals surface area contributed by atoms with E-state index in [9.17, 15) is 65.1 Å². The minimum Gasteiger partial charge on any atom is -0.495 e. The van der Waals surface area contributed by atoms with Gasteiger partial charge >= 0.3 is 5.97 Å². The topological polar surface area (TPSA) is 389 Å². The summed E-state index contributed by atoms with van der Waals surface area (Å²) in [4.78, 5) is 79.0. The minimum atomic E-state index is -2.18. The fraction of sp³-hybridized carbons (Fsp3) is 0.265. The number of ketones is 3. The van der Waals surface area contributed by atoms with Gasteiger partial charge in [-0.25, -0.2) is 14.5 Å². The molecule has 12 aromatic rings. The number of halogens is 1. The van der Waals surface area contributed by atoms with Gasteiger partial charge in [-0.2, -0.15) is 0 Å². The van der Waals surface area contributed by atoms with Gasteiger partial charge in [0, 0.05) is 52.4 Å². The molecule has 0 spiro atoms. The van der Waals surface area contributed by atoms with Crippen LogP contribution >= 0.6 is 15.9 Å². The number of nitrogens with zero attached hydrogens (tertiary/aromatic N) is 7. The third kappa shape index (κ3) is 13.0. The van der Waals surface area contributed by atoms with E-state index in [1.165, 1.54) is 74.0 Å². The van der Waals surface area contributed by atoms with Gasteiger partial charge in [-0.3, -0.25) is 39.1 Å². The van der Waals surface area contributed by atoms with Gasteiger partial charge in [0.2, 0.25) is 0 Å². The Kier molecular flexibility index (Phi) is 22.9. The molecule has 0 bridgehead atoms. The van der Waals surface area contributed by atoms with E-state index in [2.05, 4.69) is 50.4 Å². The first-order valence-corrected chi connectivity index (χ1v) is 42.5. The maximum absolute atomic E-state index is 12.9. The van der Waals surface area contributed by atoms with Gasteiger partial charge in [-0.15, -0.1) is 0 Å². The first kappa shape index (κ1) is 88.9. The van der Waals surface area contributed by atoms with Crippen LogP contribution in [-0.4, -0.2) is 142 Å². The number of hydrogen-bond acceptors (Lipinski definition) is 24. The van der Waals surface area contributed by atoms with Crippen molar-refractivity contribution >= 4 is 56.3 Å². The van der Waals surface area contributed by atoms with Crippen molar-refractivity contribution in [3.05, 3.63) is 373 Å². The van der Waals surface area contributed by atoms with Crippen LogP contribution in [0.4, 0.5) is 17.1 Å². The molecule has 4 aliphatic carbocycles. The van der Waals surface area contributed by atoms with Gasteiger partial charge in [0.05, 0.1) is 96.6 Å². The maximum Gasteiger partial charge on any atom is 0.310 e. The summed E-state index contributed by atoms with van der Waals surface area (Å²) in [5.74, 6) is -6.55. The van der Waals surface area contributed by atoms with E-state index in [1.807, 2.05) is 115 Å². The number of carbonyl (C=O) groups excluding carboxylic acids is 3. The third-order valence-corrected chi connectivity index (χ3v) is 27.7. The van der Waals surface area contributed by atoms with E-state index in [0.717, 1.165) is 21.2 Å². The molecular formula is C102H86BrN7O21. The molecule has 662 valence electrons. The summed E-state index contributed by atoms with van der Waals surface area (Å²) in [6, 6.07) is 70.2. The number of aliphatic hydroxyl groups excluding tert-OH is 4. The van der Waals surface area contributed by atoms with Crippen molar-refractivity contribution in [3.63, 3.8) is 0 Å². The van der Waals surface area contributed by atoms with E-state index < -0.39 is 123 Å². The number of rotatable bonds is 16. The molecule has 0 radical (unpaired) electrons. The molecule has 4 aromatic heterocycles. The predicted molar refractivity (Wildman–Crippen MR) is 475 cm³/mol. The summed E-state index contributed by atoms with van der Waals surface area (Å²) in [5, 5.41) is 105. The summed E-state index contributed by atoms with van der Waals surface area (Å²) in [6.45, 7) is 26.1. The van der Waals surface area contributed by atoms with Gasteiger partial charge in [-0.05, 0) is 77.4 Å². The average molecular weight is 1830 g/mol. The first-order valence-electron chi connectivity index (χ1n) is 41.7. The number of fused-ring (bicyclic) bond motifs is 12. The van der Waals surface area contributed by atoms with Crippen molar-refractivity contribution in [1.82, 2.24) is 19.9 Å². The minimum absolute atomic E-state index is 0.0368.